The molecule has 0 saturated heterocycles. The average molecular weight is 422 g/mol. The molecule has 0 unspecified atom stereocenters. The molecule has 9 heteroatoms. The lowest BCUT2D eigenvalue weighted by atomic mass is 10.1. The van der Waals surface area contributed by atoms with E-state index >= 15 is 0 Å². The molecule has 0 aromatic heterocycles. The van der Waals surface area contributed by atoms with Gasteiger partial charge >= 0.3 is 6.18 Å². The van der Waals surface area contributed by atoms with Gasteiger partial charge in [0, 0.05) is 25.2 Å². The number of nitrogens with one attached hydrogen (secondary N) is 3. The van der Waals surface area contributed by atoms with E-state index in [0.29, 0.717) is 42.7 Å². The van der Waals surface area contributed by atoms with Crippen LogP contribution in [-0.2, 0) is 17.5 Å². The van der Waals surface area contributed by atoms with Crippen LogP contribution in [0.3, 0.4) is 0 Å². The number of alkyl halides is 3. The molecular weight excluding hydrogens is 397 g/mol. The lowest BCUT2D eigenvalue weighted by Gasteiger charge is -2.13. The summed E-state index contributed by atoms with van der Waals surface area (Å²) >= 11 is 0. The minimum Gasteiger partial charge on any atom is -0.492 e. The van der Waals surface area contributed by atoms with Gasteiger partial charge in [-0.15, -0.1) is 0 Å². The lowest BCUT2D eigenvalue weighted by molar-refractivity contribution is -0.137. The molecule has 0 heterocycles. The molecule has 0 saturated carbocycles. The monoisotopic (exact) mass is 422 g/mol. The standard InChI is InChI=1S/C21H25F3N4O2/c1-3-25-20(27-14-16-6-4-7-17(12-16)21(22,23)24)26-10-11-30-19-9-5-8-18(13-19)28-15(2)29/h4-9,12-13H,3,10-11,14H2,1-2H3,(H,28,29)(H2,25,26,27). The van der Waals surface area contributed by atoms with E-state index in [1.165, 1.54) is 13.0 Å². The zero-order chi connectivity index (χ0) is 22.0. The molecule has 3 N–H and O–H groups in total. The highest BCUT2D eigenvalue weighted by atomic mass is 19.4. The van der Waals surface area contributed by atoms with Crippen molar-refractivity contribution >= 4 is 17.6 Å². The summed E-state index contributed by atoms with van der Waals surface area (Å²) in [5.41, 5.74) is 0.417. The van der Waals surface area contributed by atoms with Crippen LogP contribution in [0.4, 0.5) is 18.9 Å². The van der Waals surface area contributed by atoms with E-state index in [0.717, 1.165) is 12.1 Å². The van der Waals surface area contributed by atoms with Crippen LogP contribution in [0.1, 0.15) is 25.0 Å². The minimum atomic E-state index is -4.38. The molecule has 2 aromatic rings. The van der Waals surface area contributed by atoms with E-state index in [4.69, 9.17) is 4.74 Å². The van der Waals surface area contributed by atoms with Crippen LogP contribution < -0.4 is 20.7 Å². The molecule has 2 rings (SSSR count). The summed E-state index contributed by atoms with van der Waals surface area (Å²) in [4.78, 5) is 15.4. The van der Waals surface area contributed by atoms with Gasteiger partial charge in [0.05, 0.1) is 18.7 Å². The van der Waals surface area contributed by atoms with Crippen molar-refractivity contribution in [1.29, 1.82) is 0 Å². The average Bonchev–Trinajstić information content (AvgIpc) is 2.68. The van der Waals surface area contributed by atoms with Crippen LogP contribution in [0.5, 0.6) is 5.75 Å². The topological polar surface area (TPSA) is 74.8 Å². The summed E-state index contributed by atoms with van der Waals surface area (Å²) < 4.78 is 44.1. The van der Waals surface area contributed by atoms with Crippen molar-refractivity contribution in [3.63, 3.8) is 0 Å². The number of rotatable bonds is 8. The predicted octanol–water partition coefficient (Wildman–Crippen LogP) is 3.80. The van der Waals surface area contributed by atoms with E-state index < -0.39 is 11.7 Å². The molecule has 1 amide bonds. The van der Waals surface area contributed by atoms with Gasteiger partial charge in [-0.25, -0.2) is 4.99 Å². The van der Waals surface area contributed by atoms with Gasteiger partial charge in [0.1, 0.15) is 12.4 Å². The third kappa shape index (κ3) is 8.02. The molecule has 0 aliphatic carbocycles. The van der Waals surface area contributed by atoms with E-state index in [9.17, 15) is 18.0 Å². The summed E-state index contributed by atoms with van der Waals surface area (Å²) in [6.45, 7) is 4.80. The molecule has 0 fully saturated rings. The van der Waals surface area contributed by atoms with Crippen LogP contribution in [0.25, 0.3) is 0 Å². The first-order valence-electron chi connectivity index (χ1n) is 9.46. The highest BCUT2D eigenvalue weighted by Gasteiger charge is 2.30. The van der Waals surface area contributed by atoms with Gasteiger partial charge in [0.25, 0.3) is 0 Å². The third-order valence-corrected chi connectivity index (χ3v) is 3.84. The first-order chi connectivity index (χ1) is 14.3. The first kappa shape index (κ1) is 23.1. The number of anilines is 1. The Bertz CT molecular complexity index is 869. The van der Waals surface area contributed by atoms with Crippen molar-refractivity contribution in [2.24, 2.45) is 4.99 Å². The van der Waals surface area contributed by atoms with E-state index in [-0.39, 0.29) is 12.5 Å². The Morgan fingerprint density at radius 3 is 2.57 bits per heavy atom. The maximum Gasteiger partial charge on any atom is 0.416 e. The number of aliphatic imine (C=N–C) groups is 1. The first-order valence-corrected chi connectivity index (χ1v) is 9.46. The molecule has 0 aliphatic rings. The van der Waals surface area contributed by atoms with Crippen molar-refractivity contribution in [2.75, 3.05) is 25.0 Å². The van der Waals surface area contributed by atoms with Gasteiger partial charge in [-0.1, -0.05) is 18.2 Å². The predicted molar refractivity (Wildman–Crippen MR) is 111 cm³/mol. The molecule has 0 aliphatic heterocycles. The van der Waals surface area contributed by atoms with Gasteiger partial charge in [0.15, 0.2) is 5.96 Å². The number of carbonyl (C=O) groups is 1. The number of hydrogen-bond acceptors (Lipinski definition) is 3. The summed E-state index contributed by atoms with van der Waals surface area (Å²) in [6, 6.07) is 12.1. The highest BCUT2D eigenvalue weighted by Crippen LogP contribution is 2.29. The maximum atomic E-state index is 12.8. The Balaban J connectivity index is 1.88. The van der Waals surface area contributed by atoms with Crippen molar-refractivity contribution in [3.05, 3.63) is 59.7 Å². The molecule has 0 radical (unpaired) electrons. The van der Waals surface area contributed by atoms with Gasteiger partial charge in [-0.3, -0.25) is 4.79 Å². The second kappa shape index (κ2) is 11.1. The summed E-state index contributed by atoms with van der Waals surface area (Å²) in [5, 5.41) is 8.80. The fraction of sp³-hybridized carbons (Fsp3) is 0.333. The van der Waals surface area contributed by atoms with Crippen molar-refractivity contribution in [3.8, 4) is 5.75 Å². The smallest absolute Gasteiger partial charge is 0.416 e. The summed E-state index contributed by atoms with van der Waals surface area (Å²) in [6.07, 6.45) is -4.38. The number of carbonyl (C=O) groups excluding carboxylic acids is 1. The second-order valence-corrected chi connectivity index (χ2v) is 6.38. The van der Waals surface area contributed by atoms with Crippen molar-refractivity contribution in [2.45, 2.75) is 26.6 Å². The van der Waals surface area contributed by atoms with Crippen LogP contribution >= 0.6 is 0 Å². The molecule has 0 atom stereocenters. The second-order valence-electron chi connectivity index (χ2n) is 6.38. The molecule has 0 spiro atoms. The zero-order valence-electron chi connectivity index (χ0n) is 16.8. The van der Waals surface area contributed by atoms with E-state index in [2.05, 4.69) is 20.9 Å². The van der Waals surface area contributed by atoms with Crippen LogP contribution in [0.2, 0.25) is 0 Å². The zero-order valence-corrected chi connectivity index (χ0v) is 16.8. The van der Waals surface area contributed by atoms with Crippen molar-refractivity contribution < 1.29 is 22.7 Å². The number of hydrogen-bond donors (Lipinski definition) is 3. The molecule has 30 heavy (non-hydrogen) atoms. The van der Waals surface area contributed by atoms with E-state index in [1.807, 2.05) is 6.92 Å². The Kier molecular flexibility index (Phi) is 8.52. The Labute approximate surface area is 173 Å². The minimum absolute atomic E-state index is 0.110. The van der Waals surface area contributed by atoms with Gasteiger partial charge in [-0.05, 0) is 36.8 Å². The molecule has 162 valence electrons. The van der Waals surface area contributed by atoms with Gasteiger partial charge in [0.2, 0.25) is 5.91 Å². The Morgan fingerprint density at radius 1 is 1.10 bits per heavy atom. The fourth-order valence-corrected chi connectivity index (χ4v) is 2.56. The van der Waals surface area contributed by atoms with Crippen LogP contribution in [-0.4, -0.2) is 31.6 Å². The normalized spacial score (nSPS) is 11.7. The van der Waals surface area contributed by atoms with Gasteiger partial charge < -0.3 is 20.7 Å². The maximum absolute atomic E-state index is 12.8. The number of halogens is 3. The lowest BCUT2D eigenvalue weighted by Crippen LogP contribution is -2.39. The van der Waals surface area contributed by atoms with Gasteiger partial charge in [-0.2, -0.15) is 13.2 Å². The molecular formula is C21H25F3N4O2. The molecule has 2 aromatic carbocycles. The number of amides is 1. The number of guanidine groups is 1. The largest absolute Gasteiger partial charge is 0.492 e. The summed E-state index contributed by atoms with van der Waals surface area (Å²) in [5.74, 6) is 0.917. The fourth-order valence-electron chi connectivity index (χ4n) is 2.56. The Morgan fingerprint density at radius 2 is 1.87 bits per heavy atom. The number of ether oxygens (including phenoxy) is 1. The molecule has 6 nitrogen and oxygen atoms in total. The summed E-state index contributed by atoms with van der Waals surface area (Å²) in [7, 11) is 0. The quantitative estimate of drug-likeness (QED) is 0.344. The van der Waals surface area contributed by atoms with Crippen molar-refractivity contribution in [1.82, 2.24) is 10.6 Å². The van der Waals surface area contributed by atoms with E-state index in [1.54, 1.807) is 30.3 Å². The SMILES string of the molecule is CCNC(=NCc1cccc(C(F)(F)F)c1)NCCOc1cccc(NC(C)=O)c1. The molecule has 0 bridgehead atoms. The highest BCUT2D eigenvalue weighted by molar-refractivity contribution is 5.88. The van der Waals surface area contributed by atoms with Crippen LogP contribution in [0.15, 0.2) is 53.5 Å². The number of nitrogens with zero attached hydrogens (tertiary/aromatic N) is 1. The van der Waals surface area contributed by atoms with Crippen LogP contribution in [0, 0.1) is 0 Å². The Hall–Kier alpha value is -3.23. The third-order valence-electron chi connectivity index (χ3n) is 3.84. The number of benzene rings is 2.